The molecule has 1 heterocycles. The van der Waals surface area contributed by atoms with Crippen LogP contribution in [0.2, 0.25) is 5.02 Å². The second-order valence-electron chi connectivity index (χ2n) is 6.72. The molecule has 0 saturated carbocycles. The summed E-state index contributed by atoms with van der Waals surface area (Å²) in [6, 6.07) is 10.1. The number of nitrogens with one attached hydrogen (secondary N) is 1. The number of nitrogens with zero attached hydrogens (tertiary/aromatic N) is 1. The molecule has 1 atom stereocenters. The van der Waals surface area contributed by atoms with Crippen molar-refractivity contribution in [2.75, 3.05) is 18.4 Å². The molecule has 0 bridgehead atoms. The van der Waals surface area contributed by atoms with Gasteiger partial charge in [0, 0.05) is 23.8 Å². The molecule has 0 spiro atoms. The van der Waals surface area contributed by atoms with Crippen molar-refractivity contribution in [1.29, 1.82) is 0 Å². The largest absolute Gasteiger partial charge is 0.416 e. The van der Waals surface area contributed by atoms with E-state index in [2.05, 4.69) is 5.32 Å². The topological polar surface area (TPSA) is 66.5 Å². The van der Waals surface area contributed by atoms with Gasteiger partial charge in [-0.1, -0.05) is 17.7 Å². The number of anilines is 1. The molecule has 0 unspecified atom stereocenters. The smallest absolute Gasteiger partial charge is 0.326 e. The van der Waals surface area contributed by atoms with Gasteiger partial charge >= 0.3 is 6.18 Å². The lowest BCUT2D eigenvalue weighted by atomic mass is 9.98. The molecular formula is C19H18ClF3N2O3S. The van der Waals surface area contributed by atoms with Crippen LogP contribution >= 0.6 is 11.6 Å². The molecule has 2 aromatic carbocycles. The third-order valence-corrected chi connectivity index (χ3v) is 6.80. The number of halogens is 4. The minimum Gasteiger partial charge on any atom is -0.326 e. The number of carbonyl (C=O) groups excluding carboxylic acids is 1. The summed E-state index contributed by atoms with van der Waals surface area (Å²) in [6.45, 7) is 0.216. The third kappa shape index (κ3) is 5.09. The standard InChI is InChI=1S/C19H18ClF3N2O3S/c20-15-6-8-17(9-7-15)29(27,28)25-10-2-3-13(12-25)18(26)24-16-5-1-4-14(11-16)19(21,22)23/h1,4-9,11,13H,2-3,10,12H2,(H,24,26)/t13-/m0/s1. The van der Waals surface area contributed by atoms with E-state index in [0.29, 0.717) is 17.9 Å². The Balaban J connectivity index is 1.72. The molecule has 1 aliphatic rings. The third-order valence-electron chi connectivity index (χ3n) is 4.66. The average molecular weight is 447 g/mol. The molecule has 0 aliphatic carbocycles. The van der Waals surface area contributed by atoms with Crippen LogP contribution in [0.5, 0.6) is 0 Å². The van der Waals surface area contributed by atoms with Crippen molar-refractivity contribution in [3.8, 4) is 0 Å². The van der Waals surface area contributed by atoms with E-state index in [-0.39, 0.29) is 23.7 Å². The normalized spacial score (nSPS) is 18.4. The highest BCUT2D eigenvalue weighted by Crippen LogP contribution is 2.31. The molecule has 0 radical (unpaired) electrons. The Hall–Kier alpha value is -2.10. The van der Waals surface area contributed by atoms with Crippen LogP contribution in [0.1, 0.15) is 18.4 Å². The van der Waals surface area contributed by atoms with Gasteiger partial charge in [0.05, 0.1) is 16.4 Å². The lowest BCUT2D eigenvalue weighted by molar-refractivity contribution is -0.137. The fourth-order valence-electron chi connectivity index (χ4n) is 3.15. The van der Waals surface area contributed by atoms with Crippen molar-refractivity contribution in [2.24, 2.45) is 5.92 Å². The van der Waals surface area contributed by atoms with Crippen molar-refractivity contribution in [3.05, 3.63) is 59.1 Å². The summed E-state index contributed by atoms with van der Waals surface area (Å²) in [6.07, 6.45) is -3.61. The van der Waals surface area contributed by atoms with Crippen molar-refractivity contribution in [2.45, 2.75) is 23.9 Å². The molecule has 29 heavy (non-hydrogen) atoms. The van der Waals surface area contributed by atoms with Gasteiger partial charge in [-0.2, -0.15) is 17.5 Å². The highest BCUT2D eigenvalue weighted by Gasteiger charge is 2.34. The first-order valence-electron chi connectivity index (χ1n) is 8.81. The summed E-state index contributed by atoms with van der Waals surface area (Å²) in [5.74, 6) is -1.18. The minimum absolute atomic E-state index is 0.0162. The zero-order valence-electron chi connectivity index (χ0n) is 15.1. The predicted molar refractivity (Wildman–Crippen MR) is 103 cm³/mol. The summed E-state index contributed by atoms with van der Waals surface area (Å²) < 4.78 is 65.3. The summed E-state index contributed by atoms with van der Waals surface area (Å²) >= 11 is 5.80. The summed E-state index contributed by atoms with van der Waals surface area (Å²) in [7, 11) is -3.80. The maximum absolute atomic E-state index is 12.8. The summed E-state index contributed by atoms with van der Waals surface area (Å²) in [5.41, 5.74) is -0.853. The maximum Gasteiger partial charge on any atom is 0.416 e. The zero-order chi connectivity index (χ0) is 21.2. The van der Waals surface area contributed by atoms with Gasteiger partial charge in [-0.25, -0.2) is 8.42 Å². The van der Waals surface area contributed by atoms with Gasteiger partial charge in [0.15, 0.2) is 0 Å². The molecule has 1 aliphatic heterocycles. The number of sulfonamides is 1. The number of hydrogen-bond donors (Lipinski definition) is 1. The Labute approximate surface area is 171 Å². The van der Waals surface area contributed by atoms with Crippen molar-refractivity contribution in [3.63, 3.8) is 0 Å². The summed E-state index contributed by atoms with van der Waals surface area (Å²) in [4.78, 5) is 12.6. The van der Waals surface area contributed by atoms with E-state index in [9.17, 15) is 26.4 Å². The SMILES string of the molecule is O=C(Nc1cccc(C(F)(F)F)c1)[C@H]1CCCN(S(=O)(=O)c2ccc(Cl)cc2)C1. The average Bonchev–Trinajstić information content (AvgIpc) is 2.68. The van der Waals surface area contributed by atoms with E-state index in [0.717, 1.165) is 12.1 Å². The Morgan fingerprint density at radius 2 is 1.83 bits per heavy atom. The van der Waals surface area contributed by atoms with Crippen molar-refractivity contribution >= 4 is 33.2 Å². The molecule has 1 amide bonds. The molecule has 3 rings (SSSR count). The van der Waals surface area contributed by atoms with Crippen molar-refractivity contribution in [1.82, 2.24) is 4.31 Å². The Kier molecular flexibility index (Phi) is 6.21. The van der Waals surface area contributed by atoms with E-state index < -0.39 is 33.6 Å². The number of alkyl halides is 3. The quantitative estimate of drug-likeness (QED) is 0.757. The van der Waals surface area contributed by atoms with E-state index >= 15 is 0 Å². The van der Waals surface area contributed by atoms with Gasteiger partial charge in [-0.15, -0.1) is 0 Å². The van der Waals surface area contributed by atoms with Gasteiger partial charge in [-0.3, -0.25) is 4.79 Å². The second kappa shape index (κ2) is 8.33. The van der Waals surface area contributed by atoms with Crippen LogP contribution in [-0.2, 0) is 21.0 Å². The maximum atomic E-state index is 12.8. The molecular weight excluding hydrogens is 429 g/mol. The number of benzene rings is 2. The van der Waals surface area contributed by atoms with Crippen LogP contribution in [0.25, 0.3) is 0 Å². The Morgan fingerprint density at radius 3 is 2.48 bits per heavy atom. The lowest BCUT2D eigenvalue weighted by Gasteiger charge is -2.31. The molecule has 156 valence electrons. The molecule has 1 fully saturated rings. The highest BCUT2D eigenvalue weighted by molar-refractivity contribution is 7.89. The van der Waals surface area contributed by atoms with Crippen LogP contribution in [0.3, 0.4) is 0 Å². The predicted octanol–water partition coefficient (Wildman–Crippen LogP) is 4.40. The molecule has 1 saturated heterocycles. The van der Waals surface area contributed by atoms with Crippen LogP contribution in [0.4, 0.5) is 18.9 Å². The first kappa shape index (κ1) is 21.6. The van der Waals surface area contributed by atoms with E-state index in [1.807, 2.05) is 0 Å². The van der Waals surface area contributed by atoms with E-state index in [4.69, 9.17) is 11.6 Å². The second-order valence-corrected chi connectivity index (χ2v) is 9.10. The Bertz CT molecular complexity index is 995. The monoisotopic (exact) mass is 446 g/mol. The van der Waals surface area contributed by atoms with Gasteiger partial charge in [0.1, 0.15) is 0 Å². The number of hydrogen-bond acceptors (Lipinski definition) is 3. The Morgan fingerprint density at radius 1 is 1.14 bits per heavy atom. The van der Waals surface area contributed by atoms with Crippen LogP contribution in [0.15, 0.2) is 53.4 Å². The number of carbonyl (C=O) groups is 1. The first-order chi connectivity index (χ1) is 13.6. The zero-order valence-corrected chi connectivity index (χ0v) is 16.7. The lowest BCUT2D eigenvalue weighted by Crippen LogP contribution is -2.43. The van der Waals surface area contributed by atoms with E-state index in [1.54, 1.807) is 0 Å². The van der Waals surface area contributed by atoms with E-state index in [1.165, 1.54) is 40.7 Å². The van der Waals surface area contributed by atoms with Gasteiger partial charge in [0.25, 0.3) is 0 Å². The van der Waals surface area contributed by atoms with Crippen LogP contribution < -0.4 is 5.32 Å². The minimum atomic E-state index is -4.52. The number of rotatable bonds is 4. The van der Waals surface area contributed by atoms with Gasteiger partial charge < -0.3 is 5.32 Å². The fourth-order valence-corrected chi connectivity index (χ4v) is 4.80. The van der Waals surface area contributed by atoms with Crippen LogP contribution in [0, 0.1) is 5.92 Å². The van der Waals surface area contributed by atoms with Crippen LogP contribution in [-0.4, -0.2) is 31.7 Å². The first-order valence-corrected chi connectivity index (χ1v) is 10.6. The molecule has 10 heteroatoms. The number of piperidine rings is 1. The molecule has 1 N–H and O–H groups in total. The molecule has 2 aromatic rings. The molecule has 5 nitrogen and oxygen atoms in total. The fraction of sp³-hybridized carbons (Fsp3) is 0.316. The highest BCUT2D eigenvalue weighted by atomic mass is 35.5. The van der Waals surface area contributed by atoms with Crippen molar-refractivity contribution < 1.29 is 26.4 Å². The molecule has 0 aromatic heterocycles. The summed E-state index contributed by atoms with van der Waals surface area (Å²) in [5, 5.41) is 2.87. The van der Waals surface area contributed by atoms with Gasteiger partial charge in [-0.05, 0) is 55.3 Å². The van der Waals surface area contributed by atoms with Gasteiger partial charge in [0.2, 0.25) is 15.9 Å². The number of amides is 1.